The summed E-state index contributed by atoms with van der Waals surface area (Å²) < 4.78 is 0. The van der Waals surface area contributed by atoms with Gasteiger partial charge in [-0.25, -0.2) is 0 Å². The first-order chi connectivity index (χ1) is 31.9. The maximum absolute atomic E-state index is 14.6. The number of carbonyl (C=O) groups is 8. The number of halogens is 1. The Morgan fingerprint density at radius 2 is 1.46 bits per heavy atom. The van der Waals surface area contributed by atoms with E-state index in [-0.39, 0.29) is 53.0 Å². The summed E-state index contributed by atoms with van der Waals surface area (Å²) in [6, 6.07) is 14.7. The number of likely N-dealkylation sites (N-methyl/N-ethyl adjacent to an activating group) is 1. The Kier molecular flexibility index (Phi) is 16.0. The molecular formula is C48H53ClN8O10. The monoisotopic (exact) mass is 936 g/mol. The van der Waals surface area contributed by atoms with Crippen molar-refractivity contribution in [1.82, 2.24) is 36.8 Å². The third-order valence-corrected chi connectivity index (χ3v) is 12.0. The Morgan fingerprint density at radius 3 is 2.10 bits per heavy atom. The average molecular weight is 937 g/mol. The van der Waals surface area contributed by atoms with E-state index in [0.29, 0.717) is 36.5 Å². The number of carbonyl (C=O) groups excluding carboxylic acids is 8. The van der Waals surface area contributed by atoms with Crippen molar-refractivity contribution in [2.45, 2.75) is 82.2 Å². The number of hydrogen-bond donors (Lipinski definition) is 9. The van der Waals surface area contributed by atoms with Gasteiger partial charge in [0.25, 0.3) is 11.8 Å². The van der Waals surface area contributed by atoms with Gasteiger partial charge in [-0.1, -0.05) is 48.0 Å². The Morgan fingerprint density at radius 1 is 0.821 bits per heavy atom. The van der Waals surface area contributed by atoms with Gasteiger partial charge in [0, 0.05) is 41.7 Å². The summed E-state index contributed by atoms with van der Waals surface area (Å²) in [6.45, 7) is 3.27. The van der Waals surface area contributed by atoms with Crippen molar-refractivity contribution in [1.29, 1.82) is 0 Å². The summed E-state index contributed by atoms with van der Waals surface area (Å²) in [5.74, 6) is -6.95. The highest BCUT2D eigenvalue weighted by Crippen LogP contribution is 2.39. The van der Waals surface area contributed by atoms with Crippen molar-refractivity contribution in [2.75, 3.05) is 20.1 Å². The molecular weight excluding hydrogens is 884 g/mol. The van der Waals surface area contributed by atoms with Gasteiger partial charge in [-0.2, -0.15) is 0 Å². The summed E-state index contributed by atoms with van der Waals surface area (Å²) in [6.07, 6.45) is 1.19. The highest BCUT2D eigenvalue weighted by atomic mass is 35.5. The molecule has 1 fully saturated rings. The second kappa shape index (κ2) is 21.8. The molecule has 0 radical (unpaired) electrons. The van der Waals surface area contributed by atoms with Crippen LogP contribution in [-0.4, -0.2) is 113 Å². The number of ketones is 1. The first-order valence-electron chi connectivity index (χ1n) is 21.8. The Bertz CT molecular complexity index is 2550. The van der Waals surface area contributed by atoms with Gasteiger partial charge in [0.1, 0.15) is 41.7 Å². The molecule has 10 N–H and O–H groups in total. The molecule has 6 rings (SSSR count). The van der Waals surface area contributed by atoms with Crippen molar-refractivity contribution in [3.8, 4) is 33.8 Å². The standard InChI is InChI=1S/C48H53ClN8O10/c1-25(41(60)47(66)54-35-19-21-51-44(35)63)52-45(64)37-23-27-7-17-38(58)33(22-27)34-24-31(14-18-39(34)59)40(46(65)53-26(2)42(61)56-37)57(3)48(67)36(6-4-5-20-50)55-43(62)30-10-8-28(9-11-30)29-12-15-32(49)16-13-29/h7-18,22,24-26,35-37,40,58-59H,4-6,19-21,23,50H2,1-3H3,(H,51,63)(H,52,64)(H,53,65)(H,54,66)(H,55,62)(H,56,61)/t25-,26-,35+,36-,37-,40-/m0/s1. The molecule has 4 aromatic carbocycles. The zero-order chi connectivity index (χ0) is 48.5. The van der Waals surface area contributed by atoms with Gasteiger partial charge in [0.2, 0.25) is 35.3 Å². The van der Waals surface area contributed by atoms with Gasteiger partial charge in [0.15, 0.2) is 0 Å². The average Bonchev–Trinajstić information content (AvgIpc) is 3.72. The smallest absolute Gasteiger partial charge is 0.290 e. The minimum absolute atomic E-state index is 0.0571. The molecule has 0 aliphatic carbocycles. The first kappa shape index (κ1) is 49.1. The van der Waals surface area contributed by atoms with E-state index in [9.17, 15) is 48.6 Å². The quantitative estimate of drug-likeness (QED) is 0.0653. The molecule has 2 heterocycles. The van der Waals surface area contributed by atoms with Gasteiger partial charge in [-0.3, -0.25) is 38.4 Å². The van der Waals surface area contributed by atoms with E-state index in [1.165, 1.54) is 57.3 Å². The normalized spacial score (nSPS) is 19.0. The van der Waals surface area contributed by atoms with Crippen molar-refractivity contribution >= 4 is 58.7 Å². The van der Waals surface area contributed by atoms with E-state index in [0.717, 1.165) is 16.0 Å². The number of aromatic hydroxyl groups is 2. The van der Waals surface area contributed by atoms with Crippen LogP contribution in [0.4, 0.5) is 0 Å². The zero-order valence-corrected chi connectivity index (χ0v) is 37.8. The van der Waals surface area contributed by atoms with Crippen molar-refractivity contribution < 1.29 is 48.6 Å². The van der Waals surface area contributed by atoms with Crippen molar-refractivity contribution in [2.24, 2.45) is 5.73 Å². The topological polar surface area (TPSA) is 278 Å². The second-order valence-corrected chi connectivity index (χ2v) is 17.0. The fourth-order valence-corrected chi connectivity index (χ4v) is 8.00. The second-order valence-electron chi connectivity index (χ2n) is 16.6. The maximum Gasteiger partial charge on any atom is 0.290 e. The van der Waals surface area contributed by atoms with E-state index in [1.54, 1.807) is 36.4 Å². The molecule has 2 aliphatic heterocycles. The van der Waals surface area contributed by atoms with Crippen LogP contribution in [-0.2, 0) is 40.0 Å². The third kappa shape index (κ3) is 11.9. The molecule has 0 unspecified atom stereocenters. The number of rotatable bonds is 14. The number of Topliss-reactive ketones (excluding diaryl/α,β-unsaturated/α-hetero) is 1. The van der Waals surface area contributed by atoms with Crippen LogP contribution in [0.1, 0.15) is 67.1 Å². The fraction of sp³-hybridized carbons (Fsp3) is 0.333. The predicted octanol–water partition coefficient (Wildman–Crippen LogP) is 2.14. The van der Waals surface area contributed by atoms with Gasteiger partial charge in [-0.15, -0.1) is 0 Å². The number of benzene rings is 4. The molecule has 0 saturated carbocycles. The Balaban J connectivity index is 1.28. The molecule has 4 aromatic rings. The molecule has 6 atom stereocenters. The maximum atomic E-state index is 14.6. The van der Waals surface area contributed by atoms with Crippen LogP contribution >= 0.6 is 11.6 Å². The van der Waals surface area contributed by atoms with Crippen molar-refractivity contribution in [3.63, 3.8) is 0 Å². The van der Waals surface area contributed by atoms with Crippen LogP contribution in [0.2, 0.25) is 5.02 Å². The molecule has 18 nitrogen and oxygen atoms in total. The van der Waals surface area contributed by atoms with Gasteiger partial charge < -0.3 is 52.7 Å². The van der Waals surface area contributed by atoms with Crippen LogP contribution in [0.25, 0.3) is 22.3 Å². The molecule has 1 saturated heterocycles. The van der Waals surface area contributed by atoms with Crippen LogP contribution in [0, 0.1) is 0 Å². The lowest BCUT2D eigenvalue weighted by Crippen LogP contribution is -2.57. The van der Waals surface area contributed by atoms with E-state index in [2.05, 4.69) is 31.9 Å². The highest BCUT2D eigenvalue weighted by Gasteiger charge is 2.37. The molecule has 2 aliphatic rings. The first-order valence-corrected chi connectivity index (χ1v) is 22.2. The van der Waals surface area contributed by atoms with Gasteiger partial charge in [0.05, 0.1) is 6.04 Å². The number of hydrogen-bond acceptors (Lipinski definition) is 11. The lowest BCUT2D eigenvalue weighted by atomic mass is 9.93. The zero-order valence-electron chi connectivity index (χ0n) is 37.1. The molecule has 4 bridgehead atoms. The Labute approximate surface area is 391 Å². The summed E-state index contributed by atoms with van der Waals surface area (Å²) in [5, 5.41) is 38.3. The van der Waals surface area contributed by atoms with E-state index < -0.39 is 83.4 Å². The van der Waals surface area contributed by atoms with Crippen LogP contribution < -0.4 is 37.6 Å². The molecule has 7 amide bonds. The number of nitrogens with zero attached hydrogens (tertiary/aromatic N) is 1. The van der Waals surface area contributed by atoms with Gasteiger partial charge >= 0.3 is 0 Å². The lowest BCUT2D eigenvalue weighted by molar-refractivity contribution is -0.142. The Hall–Kier alpha value is -7.31. The third-order valence-electron chi connectivity index (χ3n) is 11.7. The largest absolute Gasteiger partial charge is 0.507 e. The number of amides is 7. The van der Waals surface area contributed by atoms with E-state index >= 15 is 0 Å². The van der Waals surface area contributed by atoms with E-state index in [4.69, 9.17) is 17.3 Å². The number of phenolic OH excluding ortho intramolecular Hbond substituents is 2. The number of fused-ring (bicyclic) bond motifs is 5. The fourth-order valence-electron chi connectivity index (χ4n) is 7.87. The summed E-state index contributed by atoms with van der Waals surface area (Å²) >= 11 is 6.05. The summed E-state index contributed by atoms with van der Waals surface area (Å²) in [4.78, 5) is 109. The molecule has 0 spiro atoms. The summed E-state index contributed by atoms with van der Waals surface area (Å²) in [7, 11) is 1.36. The number of nitrogens with two attached hydrogens (primary N) is 1. The highest BCUT2D eigenvalue weighted by molar-refractivity contribution is 6.38. The SMILES string of the molecule is C[C@@H]1NC(=O)[C@@H](N(C)C(=O)[C@H](CCCCN)NC(=O)c2ccc(-c3ccc(Cl)cc3)cc2)c2ccc(O)c(c2)-c2cc(ccc2O)C[C@@H](C(=O)N[C@@H](C)C(=O)C(=O)N[C@@H]2CCNC2=O)NC1=O. The molecule has 0 aromatic heterocycles. The van der Waals surface area contributed by atoms with Crippen LogP contribution in [0.3, 0.4) is 0 Å². The number of nitrogens with one attached hydrogen (secondary N) is 6. The predicted molar refractivity (Wildman–Crippen MR) is 247 cm³/mol. The summed E-state index contributed by atoms with van der Waals surface area (Å²) in [5.41, 5.74) is 8.45. The molecule has 19 heteroatoms. The van der Waals surface area contributed by atoms with Gasteiger partial charge in [-0.05, 0) is 117 Å². The minimum atomic E-state index is -1.49. The van der Waals surface area contributed by atoms with Crippen molar-refractivity contribution in [3.05, 3.63) is 107 Å². The van der Waals surface area contributed by atoms with Crippen LogP contribution in [0.15, 0.2) is 84.9 Å². The number of phenols is 2. The minimum Gasteiger partial charge on any atom is -0.507 e. The molecule has 67 heavy (non-hydrogen) atoms. The lowest BCUT2D eigenvalue weighted by Gasteiger charge is -2.32. The van der Waals surface area contributed by atoms with E-state index in [1.807, 2.05) is 12.1 Å². The van der Waals surface area contributed by atoms with Crippen LogP contribution in [0.5, 0.6) is 11.5 Å². The number of unbranched alkanes of at least 4 members (excludes halogenated alkanes) is 1. The molecule has 352 valence electrons.